The van der Waals surface area contributed by atoms with E-state index < -0.39 is 5.97 Å². The van der Waals surface area contributed by atoms with Crippen LogP contribution in [0.25, 0.3) is 0 Å². The molecule has 0 radical (unpaired) electrons. The molecule has 1 unspecified atom stereocenters. The van der Waals surface area contributed by atoms with E-state index in [4.69, 9.17) is 4.74 Å². The highest BCUT2D eigenvalue weighted by atomic mass is 16.5. The number of rotatable bonds is 13. The second-order valence-corrected chi connectivity index (χ2v) is 7.48. The van der Waals surface area contributed by atoms with Crippen LogP contribution >= 0.6 is 0 Å². The molecule has 1 aromatic carbocycles. The van der Waals surface area contributed by atoms with E-state index in [9.17, 15) is 4.79 Å². The lowest BCUT2D eigenvalue weighted by atomic mass is 9.92. The highest BCUT2D eigenvalue weighted by Crippen LogP contribution is 2.24. The van der Waals surface area contributed by atoms with E-state index in [2.05, 4.69) is 35.9 Å². The van der Waals surface area contributed by atoms with Crippen LogP contribution in [0.2, 0.25) is 0 Å². The molecule has 29 heavy (non-hydrogen) atoms. The molecule has 0 saturated heterocycles. The summed E-state index contributed by atoms with van der Waals surface area (Å²) in [5, 5.41) is 0. The first-order chi connectivity index (χ1) is 14.2. The van der Waals surface area contributed by atoms with Gasteiger partial charge in [-0.1, -0.05) is 88.8 Å². The van der Waals surface area contributed by atoms with Crippen LogP contribution in [0.4, 0.5) is 0 Å². The summed E-state index contributed by atoms with van der Waals surface area (Å²) in [4.78, 5) is 20.6. The SMILES string of the molecule is CCCCCCC(/C=C/C(=O)Oc1ncc(CCCCC)cn1)c1ccccc1. The van der Waals surface area contributed by atoms with E-state index in [-0.39, 0.29) is 11.9 Å². The van der Waals surface area contributed by atoms with Crippen LogP contribution in [0.3, 0.4) is 0 Å². The number of hydrogen-bond acceptors (Lipinski definition) is 4. The number of carbonyl (C=O) groups is 1. The van der Waals surface area contributed by atoms with Gasteiger partial charge in [-0.15, -0.1) is 0 Å². The standard InChI is InChI=1S/C25H34N2O2/c1-3-5-7-10-16-23(22-14-11-8-12-15-22)17-18-24(28)29-25-26-19-21(20-27-25)13-9-6-4-2/h8,11-12,14-15,17-20,23H,3-7,9-10,13,16H2,1-2H3/b18-17+. The van der Waals surface area contributed by atoms with E-state index in [1.807, 2.05) is 24.3 Å². The Hall–Kier alpha value is -2.49. The van der Waals surface area contributed by atoms with Gasteiger partial charge in [-0.3, -0.25) is 0 Å². The van der Waals surface area contributed by atoms with Gasteiger partial charge >= 0.3 is 12.0 Å². The molecule has 2 rings (SSSR count). The smallest absolute Gasteiger partial charge is 0.338 e. The van der Waals surface area contributed by atoms with Crippen molar-refractivity contribution in [3.05, 3.63) is 66.0 Å². The quantitative estimate of drug-likeness (QED) is 0.223. The Kier molecular flexibility index (Phi) is 10.7. The summed E-state index contributed by atoms with van der Waals surface area (Å²) in [6, 6.07) is 10.4. The van der Waals surface area contributed by atoms with Crippen LogP contribution in [0, 0.1) is 0 Å². The highest BCUT2D eigenvalue weighted by Gasteiger charge is 2.10. The number of esters is 1. The summed E-state index contributed by atoms with van der Waals surface area (Å²) in [5.74, 6) is -0.222. The van der Waals surface area contributed by atoms with Gasteiger partial charge in [-0.05, 0) is 30.4 Å². The number of aryl methyl sites for hydroxylation is 1. The van der Waals surface area contributed by atoms with E-state index in [1.165, 1.54) is 43.7 Å². The van der Waals surface area contributed by atoms with Crippen molar-refractivity contribution in [3.8, 4) is 6.01 Å². The Balaban J connectivity index is 1.91. The second-order valence-electron chi connectivity index (χ2n) is 7.48. The number of ether oxygens (including phenoxy) is 1. The summed E-state index contributed by atoms with van der Waals surface area (Å²) >= 11 is 0. The van der Waals surface area contributed by atoms with E-state index in [0.29, 0.717) is 0 Å². The molecule has 0 spiro atoms. The Morgan fingerprint density at radius 3 is 2.34 bits per heavy atom. The van der Waals surface area contributed by atoms with E-state index in [0.717, 1.165) is 31.2 Å². The molecule has 2 aromatic rings. The summed E-state index contributed by atoms with van der Waals surface area (Å²) in [6.07, 6.45) is 17.3. The molecule has 0 aliphatic carbocycles. The molecule has 4 nitrogen and oxygen atoms in total. The Labute approximate surface area is 175 Å². The van der Waals surface area contributed by atoms with Gasteiger partial charge in [0.2, 0.25) is 0 Å². The van der Waals surface area contributed by atoms with Crippen LogP contribution < -0.4 is 4.74 Å². The fourth-order valence-electron chi connectivity index (χ4n) is 3.29. The number of aromatic nitrogens is 2. The summed E-state index contributed by atoms with van der Waals surface area (Å²) in [6.45, 7) is 4.39. The topological polar surface area (TPSA) is 52.1 Å². The van der Waals surface area contributed by atoms with Crippen LogP contribution in [0.1, 0.15) is 82.3 Å². The fraction of sp³-hybridized carbons (Fsp3) is 0.480. The Bertz CT molecular complexity index is 726. The number of hydrogen-bond donors (Lipinski definition) is 0. The third-order valence-electron chi connectivity index (χ3n) is 5.00. The molecule has 0 aliphatic rings. The van der Waals surface area contributed by atoms with E-state index >= 15 is 0 Å². The van der Waals surface area contributed by atoms with Crippen molar-refractivity contribution >= 4 is 5.97 Å². The van der Waals surface area contributed by atoms with Gasteiger partial charge in [0.05, 0.1) is 0 Å². The van der Waals surface area contributed by atoms with Gasteiger partial charge in [-0.2, -0.15) is 0 Å². The lowest BCUT2D eigenvalue weighted by molar-refractivity contribution is -0.129. The molecular weight excluding hydrogens is 360 g/mol. The van der Waals surface area contributed by atoms with Crippen LogP contribution in [0.5, 0.6) is 6.01 Å². The van der Waals surface area contributed by atoms with Crippen LogP contribution in [-0.4, -0.2) is 15.9 Å². The maximum absolute atomic E-state index is 12.2. The first-order valence-corrected chi connectivity index (χ1v) is 11.0. The molecule has 0 N–H and O–H groups in total. The lowest BCUT2D eigenvalue weighted by Crippen LogP contribution is -2.08. The molecule has 0 amide bonds. The molecular formula is C25H34N2O2. The van der Waals surface area contributed by atoms with Crippen molar-refractivity contribution in [2.75, 3.05) is 0 Å². The van der Waals surface area contributed by atoms with Crippen molar-refractivity contribution in [1.82, 2.24) is 9.97 Å². The highest BCUT2D eigenvalue weighted by molar-refractivity contribution is 5.83. The van der Waals surface area contributed by atoms with Gasteiger partial charge in [0, 0.05) is 24.4 Å². The number of benzene rings is 1. The van der Waals surface area contributed by atoms with Gasteiger partial charge in [0.15, 0.2) is 0 Å². The molecule has 0 saturated carbocycles. The van der Waals surface area contributed by atoms with Crippen LogP contribution in [-0.2, 0) is 11.2 Å². The molecule has 4 heteroatoms. The van der Waals surface area contributed by atoms with Gasteiger partial charge < -0.3 is 4.74 Å². The molecule has 1 aromatic heterocycles. The summed E-state index contributed by atoms with van der Waals surface area (Å²) in [5.41, 5.74) is 2.30. The van der Waals surface area contributed by atoms with Crippen LogP contribution in [0.15, 0.2) is 54.9 Å². The first-order valence-electron chi connectivity index (χ1n) is 11.0. The predicted molar refractivity (Wildman–Crippen MR) is 118 cm³/mol. The second kappa shape index (κ2) is 13.6. The maximum atomic E-state index is 12.2. The van der Waals surface area contributed by atoms with E-state index in [1.54, 1.807) is 12.4 Å². The third kappa shape index (κ3) is 9.03. The molecule has 1 atom stereocenters. The number of carbonyl (C=O) groups excluding carboxylic acids is 1. The zero-order valence-corrected chi connectivity index (χ0v) is 17.8. The molecule has 1 heterocycles. The largest absolute Gasteiger partial charge is 0.388 e. The predicted octanol–water partition coefficient (Wildman–Crippen LogP) is 6.43. The minimum atomic E-state index is -0.432. The zero-order valence-electron chi connectivity index (χ0n) is 17.8. The molecule has 0 fully saturated rings. The maximum Gasteiger partial charge on any atom is 0.338 e. The van der Waals surface area contributed by atoms with Gasteiger partial charge in [-0.25, -0.2) is 14.8 Å². The number of allylic oxidation sites excluding steroid dienone is 1. The number of unbranched alkanes of at least 4 members (excludes halogenated alkanes) is 5. The lowest BCUT2D eigenvalue weighted by Gasteiger charge is -2.13. The van der Waals surface area contributed by atoms with Crippen molar-refractivity contribution in [1.29, 1.82) is 0 Å². The zero-order chi connectivity index (χ0) is 20.7. The molecule has 0 aliphatic heterocycles. The monoisotopic (exact) mass is 394 g/mol. The van der Waals surface area contributed by atoms with Crippen molar-refractivity contribution < 1.29 is 9.53 Å². The fourth-order valence-corrected chi connectivity index (χ4v) is 3.29. The Morgan fingerprint density at radius 2 is 1.66 bits per heavy atom. The average molecular weight is 395 g/mol. The average Bonchev–Trinajstić information content (AvgIpc) is 2.75. The minimum absolute atomic E-state index is 0.109. The van der Waals surface area contributed by atoms with Crippen molar-refractivity contribution in [2.45, 2.75) is 77.6 Å². The van der Waals surface area contributed by atoms with Crippen molar-refractivity contribution in [2.24, 2.45) is 0 Å². The third-order valence-corrected chi connectivity index (χ3v) is 5.00. The van der Waals surface area contributed by atoms with Gasteiger partial charge in [0.1, 0.15) is 0 Å². The number of nitrogens with zero attached hydrogens (tertiary/aromatic N) is 2. The first kappa shape index (κ1) is 22.8. The minimum Gasteiger partial charge on any atom is -0.388 e. The molecule has 0 bridgehead atoms. The summed E-state index contributed by atoms with van der Waals surface area (Å²) < 4.78 is 5.28. The van der Waals surface area contributed by atoms with Crippen molar-refractivity contribution in [3.63, 3.8) is 0 Å². The summed E-state index contributed by atoms with van der Waals surface area (Å²) in [7, 11) is 0. The Morgan fingerprint density at radius 1 is 0.966 bits per heavy atom. The molecule has 156 valence electrons. The van der Waals surface area contributed by atoms with Gasteiger partial charge in [0.25, 0.3) is 0 Å². The normalized spacial score (nSPS) is 12.2.